The predicted octanol–water partition coefficient (Wildman–Crippen LogP) is 0.154. The molecule has 1 N–H and O–H groups in total. The molecule has 1 aliphatic heterocycles. The van der Waals surface area contributed by atoms with Crippen molar-refractivity contribution in [2.45, 2.75) is 6.92 Å². The lowest BCUT2D eigenvalue weighted by Crippen LogP contribution is -2.51. The summed E-state index contributed by atoms with van der Waals surface area (Å²) in [6.45, 7) is 3.25. The Balaban J connectivity index is 1.80. The summed E-state index contributed by atoms with van der Waals surface area (Å²) in [6.07, 6.45) is 0. The Bertz CT molecular complexity index is 615. The molecule has 24 heavy (non-hydrogen) atoms. The number of nitrogens with zero attached hydrogens (tertiary/aromatic N) is 2. The number of ether oxygens (including phenoxy) is 1. The van der Waals surface area contributed by atoms with E-state index in [1.165, 1.54) is 6.07 Å². The number of para-hydroxylation sites is 1. The lowest BCUT2D eigenvalue weighted by Gasteiger charge is -2.36. The van der Waals surface area contributed by atoms with Crippen LogP contribution in [0.25, 0.3) is 0 Å². The fourth-order valence-electron chi connectivity index (χ4n) is 2.44. The summed E-state index contributed by atoms with van der Waals surface area (Å²) in [7, 11) is 0. The Morgan fingerprint density at radius 2 is 1.83 bits per heavy atom. The molecule has 0 radical (unpaired) electrons. The van der Waals surface area contributed by atoms with E-state index in [-0.39, 0.29) is 24.9 Å². The topological polar surface area (TPSA) is 78.9 Å². The highest BCUT2D eigenvalue weighted by atomic mass is 19.1. The van der Waals surface area contributed by atoms with Crippen LogP contribution < -0.4 is 10.2 Å². The van der Waals surface area contributed by atoms with Gasteiger partial charge in [-0.2, -0.15) is 0 Å². The molecule has 1 aliphatic rings. The number of nitrogens with one attached hydrogen (secondary N) is 1. The first-order valence-corrected chi connectivity index (χ1v) is 7.75. The lowest BCUT2D eigenvalue weighted by atomic mass is 10.2. The normalized spacial score (nSPS) is 14.2. The molecule has 1 aromatic carbocycles. The van der Waals surface area contributed by atoms with Crippen LogP contribution in [0.5, 0.6) is 0 Å². The zero-order valence-electron chi connectivity index (χ0n) is 13.5. The second kappa shape index (κ2) is 8.28. The quantitative estimate of drug-likeness (QED) is 0.625. The smallest absolute Gasteiger partial charge is 0.396 e. The molecule has 1 heterocycles. The standard InChI is InChI=1S/C16H20FN3O4/c1-2-24-16(23)15(22)18-11-14(21)20-9-7-19(8-10-20)13-6-4-3-5-12(13)17/h3-6H,2,7-11H2,1H3,(H,18,22). The second-order valence-corrected chi connectivity index (χ2v) is 5.22. The lowest BCUT2D eigenvalue weighted by molar-refractivity contribution is -0.154. The minimum atomic E-state index is -1.00. The highest BCUT2D eigenvalue weighted by molar-refractivity contribution is 6.32. The number of piperazine rings is 1. The molecule has 1 fully saturated rings. The van der Waals surface area contributed by atoms with Crippen LogP contribution in [-0.4, -0.2) is 62.0 Å². The van der Waals surface area contributed by atoms with Crippen LogP contribution in [-0.2, 0) is 19.1 Å². The van der Waals surface area contributed by atoms with Crippen molar-refractivity contribution < 1.29 is 23.5 Å². The third-order valence-electron chi connectivity index (χ3n) is 3.69. The fraction of sp³-hybridized carbons (Fsp3) is 0.438. The first kappa shape index (κ1) is 17.7. The molecule has 1 aromatic rings. The summed E-state index contributed by atoms with van der Waals surface area (Å²) in [5.41, 5.74) is 0.514. The van der Waals surface area contributed by atoms with Crippen molar-refractivity contribution in [3.8, 4) is 0 Å². The van der Waals surface area contributed by atoms with Crippen LogP contribution in [0.4, 0.5) is 10.1 Å². The zero-order valence-corrected chi connectivity index (χ0v) is 13.5. The van der Waals surface area contributed by atoms with Crippen LogP contribution in [0.15, 0.2) is 24.3 Å². The van der Waals surface area contributed by atoms with Gasteiger partial charge in [0.25, 0.3) is 0 Å². The van der Waals surface area contributed by atoms with E-state index in [4.69, 9.17) is 0 Å². The molecule has 0 bridgehead atoms. The van der Waals surface area contributed by atoms with Crippen molar-refractivity contribution in [2.75, 3.05) is 44.2 Å². The molecule has 8 heteroatoms. The van der Waals surface area contributed by atoms with E-state index in [1.54, 1.807) is 30.0 Å². The first-order valence-electron chi connectivity index (χ1n) is 7.75. The van der Waals surface area contributed by atoms with Gasteiger partial charge in [-0.15, -0.1) is 0 Å². The average Bonchev–Trinajstić information content (AvgIpc) is 2.60. The summed E-state index contributed by atoms with van der Waals surface area (Å²) in [5, 5.41) is 2.24. The number of carbonyl (C=O) groups is 3. The Hall–Kier alpha value is -2.64. The molecule has 0 aromatic heterocycles. The average molecular weight is 337 g/mol. The molecule has 1 saturated heterocycles. The molecule has 0 spiro atoms. The van der Waals surface area contributed by atoms with Crippen molar-refractivity contribution in [1.82, 2.24) is 10.2 Å². The Labute approximate surface area is 139 Å². The predicted molar refractivity (Wildman–Crippen MR) is 84.8 cm³/mol. The summed E-state index contributed by atoms with van der Waals surface area (Å²) in [4.78, 5) is 38.1. The molecule has 0 unspecified atom stereocenters. The largest absolute Gasteiger partial charge is 0.459 e. The molecule has 2 rings (SSSR count). The minimum absolute atomic E-state index is 0.0954. The summed E-state index contributed by atoms with van der Waals surface area (Å²) >= 11 is 0. The van der Waals surface area contributed by atoms with E-state index in [0.717, 1.165) is 0 Å². The highest BCUT2D eigenvalue weighted by Gasteiger charge is 2.23. The van der Waals surface area contributed by atoms with Gasteiger partial charge in [0.1, 0.15) is 5.82 Å². The molecule has 0 saturated carbocycles. The van der Waals surface area contributed by atoms with Crippen molar-refractivity contribution in [3.63, 3.8) is 0 Å². The maximum Gasteiger partial charge on any atom is 0.396 e. The Morgan fingerprint density at radius 3 is 2.46 bits per heavy atom. The number of halogens is 1. The van der Waals surface area contributed by atoms with Gasteiger partial charge < -0.3 is 19.9 Å². The van der Waals surface area contributed by atoms with Gasteiger partial charge in [-0.3, -0.25) is 9.59 Å². The van der Waals surface area contributed by atoms with E-state index in [2.05, 4.69) is 10.1 Å². The van der Waals surface area contributed by atoms with Crippen molar-refractivity contribution in [2.24, 2.45) is 0 Å². The SMILES string of the molecule is CCOC(=O)C(=O)NCC(=O)N1CCN(c2ccccc2F)CC1. The van der Waals surface area contributed by atoms with Gasteiger partial charge >= 0.3 is 11.9 Å². The summed E-state index contributed by atoms with van der Waals surface area (Å²) < 4.78 is 18.3. The van der Waals surface area contributed by atoms with Crippen LogP contribution >= 0.6 is 0 Å². The molecule has 7 nitrogen and oxygen atoms in total. The number of hydrogen-bond acceptors (Lipinski definition) is 5. The van der Waals surface area contributed by atoms with Crippen LogP contribution in [0.1, 0.15) is 6.92 Å². The van der Waals surface area contributed by atoms with E-state index >= 15 is 0 Å². The number of carbonyl (C=O) groups excluding carboxylic acids is 3. The van der Waals surface area contributed by atoms with Gasteiger partial charge in [0.15, 0.2) is 0 Å². The van der Waals surface area contributed by atoms with Gasteiger partial charge in [-0.05, 0) is 19.1 Å². The van der Waals surface area contributed by atoms with Crippen molar-refractivity contribution in [3.05, 3.63) is 30.1 Å². The van der Waals surface area contributed by atoms with Crippen molar-refractivity contribution >= 4 is 23.5 Å². The third kappa shape index (κ3) is 4.43. The zero-order chi connectivity index (χ0) is 17.5. The fourth-order valence-corrected chi connectivity index (χ4v) is 2.44. The van der Waals surface area contributed by atoms with Gasteiger partial charge in [-0.1, -0.05) is 12.1 Å². The summed E-state index contributed by atoms with van der Waals surface area (Å²) in [6, 6.07) is 6.50. The molecule has 130 valence electrons. The molecular formula is C16H20FN3O4. The molecule has 2 amide bonds. The van der Waals surface area contributed by atoms with Gasteiger partial charge in [-0.25, -0.2) is 9.18 Å². The van der Waals surface area contributed by atoms with E-state index < -0.39 is 11.9 Å². The van der Waals surface area contributed by atoms with Crippen LogP contribution in [0, 0.1) is 5.82 Å². The monoisotopic (exact) mass is 337 g/mol. The van der Waals surface area contributed by atoms with Crippen molar-refractivity contribution in [1.29, 1.82) is 0 Å². The second-order valence-electron chi connectivity index (χ2n) is 5.22. The molecule has 0 aliphatic carbocycles. The van der Waals surface area contributed by atoms with E-state index in [9.17, 15) is 18.8 Å². The Kier molecular flexibility index (Phi) is 6.11. The number of hydrogen-bond donors (Lipinski definition) is 1. The maximum atomic E-state index is 13.8. The maximum absolute atomic E-state index is 13.8. The van der Waals surface area contributed by atoms with Crippen LogP contribution in [0.3, 0.4) is 0 Å². The van der Waals surface area contributed by atoms with Gasteiger partial charge in [0.05, 0.1) is 18.8 Å². The number of rotatable bonds is 4. The van der Waals surface area contributed by atoms with E-state index in [0.29, 0.717) is 31.9 Å². The van der Waals surface area contributed by atoms with Gasteiger partial charge in [0.2, 0.25) is 5.91 Å². The van der Waals surface area contributed by atoms with E-state index in [1.807, 2.05) is 4.90 Å². The number of benzene rings is 1. The van der Waals surface area contributed by atoms with Gasteiger partial charge in [0, 0.05) is 26.2 Å². The summed E-state index contributed by atoms with van der Waals surface area (Å²) in [5.74, 6) is -2.52. The first-order chi connectivity index (χ1) is 11.5. The third-order valence-corrected chi connectivity index (χ3v) is 3.69. The number of esters is 1. The highest BCUT2D eigenvalue weighted by Crippen LogP contribution is 2.20. The number of amides is 2. The Morgan fingerprint density at radius 1 is 1.17 bits per heavy atom. The molecular weight excluding hydrogens is 317 g/mol. The minimum Gasteiger partial charge on any atom is -0.459 e. The van der Waals surface area contributed by atoms with Crippen LogP contribution in [0.2, 0.25) is 0 Å². The molecule has 0 atom stereocenters. The number of anilines is 1.